The molecular weight excluding hydrogens is 134 g/mol. The largest absolute Gasteiger partial charge is 0.415 e. The molecule has 10 heavy (non-hydrogen) atoms. The predicted molar refractivity (Wildman–Crippen MR) is 31.1 cm³/mol. The first kappa shape index (κ1) is 5.70. The lowest BCUT2D eigenvalue weighted by molar-refractivity contribution is -0.149. The van der Waals surface area contributed by atoms with E-state index in [2.05, 4.69) is 10.1 Å². The molecule has 0 radical (unpaired) electrons. The second-order valence-corrected chi connectivity index (χ2v) is 2.64. The zero-order valence-corrected chi connectivity index (χ0v) is 5.29. The highest BCUT2D eigenvalue weighted by atomic mass is 16.6. The Balaban J connectivity index is 2.13. The number of carbonyl (C=O) groups is 2. The highest BCUT2D eigenvalue weighted by molar-refractivity contribution is 5.90. The first-order valence-corrected chi connectivity index (χ1v) is 3.29. The molecule has 0 bridgehead atoms. The van der Waals surface area contributed by atoms with Gasteiger partial charge in [0.2, 0.25) is 0 Å². The number of ether oxygens (including phenoxy) is 1. The third-order valence-corrected chi connectivity index (χ3v) is 2.07. The zero-order valence-electron chi connectivity index (χ0n) is 5.29. The quantitative estimate of drug-likeness (QED) is 0.382. The second kappa shape index (κ2) is 1.71. The molecule has 4 heteroatoms. The zero-order chi connectivity index (χ0) is 7.14. The van der Waals surface area contributed by atoms with Crippen LogP contribution in [-0.2, 0) is 9.53 Å². The summed E-state index contributed by atoms with van der Waals surface area (Å²) in [7, 11) is 0. The summed E-state index contributed by atoms with van der Waals surface area (Å²) in [6, 6.07) is 0.0637. The summed E-state index contributed by atoms with van der Waals surface area (Å²) in [5.74, 6) is -0.419. The minimum absolute atomic E-state index is 0.0577. The third-order valence-electron chi connectivity index (χ3n) is 2.07. The predicted octanol–water partition coefficient (Wildman–Crippen LogP) is 0.0314. The summed E-state index contributed by atoms with van der Waals surface area (Å²) in [6.45, 7) is 0. The van der Waals surface area contributed by atoms with Crippen LogP contribution < -0.4 is 5.32 Å². The minimum atomic E-state index is -0.592. The van der Waals surface area contributed by atoms with Crippen molar-refractivity contribution >= 4 is 12.1 Å². The number of carbonyl (C=O) groups excluding carboxylic acids is 2. The Hall–Kier alpha value is -1.06. The van der Waals surface area contributed by atoms with E-state index in [-0.39, 0.29) is 17.9 Å². The van der Waals surface area contributed by atoms with E-state index < -0.39 is 6.09 Å². The SMILES string of the molecule is O=C1NC2CCC2C(=O)O1. The van der Waals surface area contributed by atoms with E-state index in [1.807, 2.05) is 0 Å². The maximum absolute atomic E-state index is 10.8. The van der Waals surface area contributed by atoms with Gasteiger partial charge in [0.25, 0.3) is 0 Å². The molecular formula is C6H7NO3. The minimum Gasteiger partial charge on any atom is -0.376 e. The average molecular weight is 141 g/mol. The molecule has 1 aliphatic heterocycles. The number of cyclic esters (lactones) is 2. The Labute approximate surface area is 57.5 Å². The molecule has 0 aromatic carbocycles. The van der Waals surface area contributed by atoms with Gasteiger partial charge >= 0.3 is 12.1 Å². The van der Waals surface area contributed by atoms with Crippen LogP contribution in [0, 0.1) is 5.92 Å². The monoisotopic (exact) mass is 141 g/mol. The number of hydrogen-bond acceptors (Lipinski definition) is 3. The van der Waals surface area contributed by atoms with Gasteiger partial charge in [-0.2, -0.15) is 0 Å². The van der Waals surface area contributed by atoms with E-state index in [4.69, 9.17) is 0 Å². The summed E-state index contributed by atoms with van der Waals surface area (Å²) in [5.41, 5.74) is 0. The van der Waals surface area contributed by atoms with Gasteiger partial charge in [-0.15, -0.1) is 0 Å². The molecule has 1 amide bonds. The fourth-order valence-electron chi connectivity index (χ4n) is 1.30. The number of nitrogens with one attached hydrogen (secondary N) is 1. The van der Waals surface area contributed by atoms with Crippen molar-refractivity contribution in [3.63, 3.8) is 0 Å². The number of hydrogen-bond donors (Lipinski definition) is 1. The van der Waals surface area contributed by atoms with Crippen LogP contribution in [-0.4, -0.2) is 18.1 Å². The summed E-state index contributed by atoms with van der Waals surface area (Å²) in [6.07, 6.45) is 1.17. The highest BCUT2D eigenvalue weighted by Crippen LogP contribution is 2.30. The van der Waals surface area contributed by atoms with Crippen LogP contribution in [0.25, 0.3) is 0 Å². The third kappa shape index (κ3) is 0.616. The van der Waals surface area contributed by atoms with Gasteiger partial charge in [-0.3, -0.25) is 4.79 Å². The lowest BCUT2D eigenvalue weighted by Gasteiger charge is -2.37. The van der Waals surface area contributed by atoms with Crippen LogP contribution in [0.3, 0.4) is 0 Å². The van der Waals surface area contributed by atoms with E-state index in [0.717, 1.165) is 12.8 Å². The van der Waals surface area contributed by atoms with Crippen molar-refractivity contribution < 1.29 is 14.3 Å². The lowest BCUT2D eigenvalue weighted by Crippen LogP contribution is -2.56. The maximum Gasteiger partial charge on any atom is 0.415 e. The number of amides is 1. The van der Waals surface area contributed by atoms with Crippen molar-refractivity contribution in [2.75, 3.05) is 0 Å². The molecule has 0 aromatic rings. The van der Waals surface area contributed by atoms with Crippen molar-refractivity contribution in [2.45, 2.75) is 18.9 Å². The Morgan fingerprint density at radius 3 is 2.70 bits per heavy atom. The molecule has 54 valence electrons. The van der Waals surface area contributed by atoms with Crippen LogP contribution in [0.1, 0.15) is 12.8 Å². The van der Waals surface area contributed by atoms with Gasteiger partial charge in [0.1, 0.15) is 0 Å². The normalized spacial score (nSPS) is 37.2. The molecule has 1 saturated heterocycles. The molecule has 4 nitrogen and oxygen atoms in total. The topological polar surface area (TPSA) is 55.4 Å². The molecule has 1 aliphatic carbocycles. The molecule has 1 heterocycles. The van der Waals surface area contributed by atoms with Crippen LogP contribution in [0.2, 0.25) is 0 Å². The number of alkyl carbamates (subject to hydrolysis) is 1. The first-order chi connectivity index (χ1) is 4.77. The lowest BCUT2D eigenvalue weighted by atomic mass is 9.79. The van der Waals surface area contributed by atoms with E-state index in [9.17, 15) is 9.59 Å². The highest BCUT2D eigenvalue weighted by Gasteiger charge is 2.43. The number of fused-ring (bicyclic) bond motifs is 1. The summed E-state index contributed by atoms with van der Waals surface area (Å²) in [4.78, 5) is 21.3. The second-order valence-electron chi connectivity index (χ2n) is 2.64. The fraction of sp³-hybridized carbons (Fsp3) is 0.667. The van der Waals surface area contributed by atoms with Crippen LogP contribution >= 0.6 is 0 Å². The van der Waals surface area contributed by atoms with E-state index in [1.165, 1.54) is 0 Å². The molecule has 1 saturated carbocycles. The van der Waals surface area contributed by atoms with Gasteiger partial charge in [-0.25, -0.2) is 4.79 Å². The molecule has 2 rings (SSSR count). The van der Waals surface area contributed by atoms with E-state index >= 15 is 0 Å². The van der Waals surface area contributed by atoms with E-state index in [1.54, 1.807) is 0 Å². The number of esters is 1. The van der Waals surface area contributed by atoms with Crippen molar-refractivity contribution in [2.24, 2.45) is 5.92 Å². The van der Waals surface area contributed by atoms with Crippen LogP contribution in [0.15, 0.2) is 0 Å². The van der Waals surface area contributed by atoms with Crippen LogP contribution in [0.5, 0.6) is 0 Å². The van der Waals surface area contributed by atoms with Gasteiger partial charge in [0.15, 0.2) is 0 Å². The van der Waals surface area contributed by atoms with Crippen molar-refractivity contribution in [3.05, 3.63) is 0 Å². The Bertz CT molecular complexity index is 201. The van der Waals surface area contributed by atoms with Gasteiger partial charge in [0, 0.05) is 6.04 Å². The molecule has 2 fully saturated rings. The molecule has 1 N–H and O–H groups in total. The van der Waals surface area contributed by atoms with Crippen molar-refractivity contribution in [3.8, 4) is 0 Å². The molecule has 2 atom stereocenters. The van der Waals surface area contributed by atoms with Crippen LogP contribution in [0.4, 0.5) is 4.79 Å². The van der Waals surface area contributed by atoms with Gasteiger partial charge in [-0.05, 0) is 12.8 Å². The summed E-state index contributed by atoms with van der Waals surface area (Å²) >= 11 is 0. The van der Waals surface area contributed by atoms with Gasteiger partial charge < -0.3 is 10.1 Å². The average Bonchev–Trinajstić information content (AvgIpc) is 1.77. The molecule has 2 unspecified atom stereocenters. The molecule has 0 spiro atoms. The molecule has 2 aliphatic rings. The van der Waals surface area contributed by atoms with Gasteiger partial charge in [0.05, 0.1) is 5.92 Å². The Morgan fingerprint density at radius 1 is 1.40 bits per heavy atom. The standard InChI is InChI=1S/C6H7NO3/c8-5-3-1-2-4(3)7-6(9)10-5/h3-4H,1-2H2,(H,7,9). The van der Waals surface area contributed by atoms with Gasteiger partial charge in [-0.1, -0.05) is 0 Å². The summed E-state index contributed by atoms with van der Waals surface area (Å²) < 4.78 is 4.33. The van der Waals surface area contributed by atoms with E-state index in [0.29, 0.717) is 0 Å². The van der Waals surface area contributed by atoms with Crippen molar-refractivity contribution in [1.82, 2.24) is 5.32 Å². The fourth-order valence-corrected chi connectivity index (χ4v) is 1.30. The Kier molecular flexibility index (Phi) is 0.977. The molecule has 0 aromatic heterocycles. The van der Waals surface area contributed by atoms with Crippen molar-refractivity contribution in [1.29, 1.82) is 0 Å². The smallest absolute Gasteiger partial charge is 0.376 e. The maximum atomic E-state index is 10.8. The first-order valence-electron chi connectivity index (χ1n) is 3.29. The number of rotatable bonds is 0. The Morgan fingerprint density at radius 2 is 2.20 bits per heavy atom. The summed E-state index contributed by atoms with van der Waals surface area (Å²) in [5, 5.41) is 2.56.